The summed E-state index contributed by atoms with van der Waals surface area (Å²) in [7, 11) is 0. The lowest BCUT2D eigenvalue weighted by molar-refractivity contribution is -0.385. The second-order valence-electron chi connectivity index (χ2n) is 8.03. The van der Waals surface area contributed by atoms with E-state index in [0.29, 0.717) is 11.4 Å². The van der Waals surface area contributed by atoms with Crippen molar-refractivity contribution in [2.45, 2.75) is 0 Å². The number of hydrogen-bond donors (Lipinski definition) is 2. The Balaban J connectivity index is 1.39. The first-order chi connectivity index (χ1) is 18.3. The molecule has 38 heavy (non-hydrogen) atoms. The van der Waals surface area contributed by atoms with Crippen molar-refractivity contribution in [1.29, 1.82) is 0 Å². The van der Waals surface area contributed by atoms with Crippen molar-refractivity contribution < 1.29 is 20.1 Å². The Hall–Kier alpha value is -5.64. The first-order valence-corrected chi connectivity index (χ1v) is 11.2. The van der Waals surface area contributed by atoms with E-state index in [4.69, 9.17) is 0 Å². The molecule has 0 amide bonds. The molecule has 10 nitrogen and oxygen atoms in total. The molecule has 0 saturated carbocycles. The smallest absolute Gasteiger partial charge is 0.270 e. The average molecular weight is 508 g/mol. The predicted octanol–water partition coefficient (Wildman–Crippen LogP) is 6.59. The highest BCUT2D eigenvalue weighted by atomic mass is 16.6. The zero-order valence-corrected chi connectivity index (χ0v) is 19.7. The Bertz CT molecular complexity index is 1460. The van der Waals surface area contributed by atoms with Crippen LogP contribution in [0, 0.1) is 20.2 Å². The number of hydrogen-bond acceptors (Lipinski definition) is 8. The lowest BCUT2D eigenvalue weighted by Crippen LogP contribution is -1.90. The lowest BCUT2D eigenvalue weighted by atomic mass is 10.1. The minimum atomic E-state index is -0.537. The molecule has 4 aromatic carbocycles. The maximum atomic E-state index is 10.9. The number of benzene rings is 4. The number of nitro benzene ring substituents is 2. The molecule has 2 N–H and O–H groups in total. The summed E-state index contributed by atoms with van der Waals surface area (Å²) in [6.07, 6.45) is 6.58. The van der Waals surface area contributed by atoms with Crippen LogP contribution in [0.3, 0.4) is 0 Å². The van der Waals surface area contributed by atoms with Gasteiger partial charge in [-0.05, 0) is 47.5 Å². The fraction of sp³-hybridized carbons (Fsp3) is 0. The minimum Gasteiger partial charge on any atom is -0.507 e. The van der Waals surface area contributed by atoms with Crippen LogP contribution in [0.25, 0.3) is 12.2 Å². The number of aromatic hydroxyl groups is 2. The first-order valence-electron chi connectivity index (χ1n) is 11.2. The molecule has 188 valence electrons. The van der Waals surface area contributed by atoms with Crippen LogP contribution >= 0.6 is 0 Å². The van der Waals surface area contributed by atoms with Crippen LogP contribution in [-0.2, 0) is 0 Å². The third-order valence-corrected chi connectivity index (χ3v) is 5.40. The van der Waals surface area contributed by atoms with Gasteiger partial charge in [-0.2, -0.15) is 0 Å². The summed E-state index contributed by atoms with van der Waals surface area (Å²) in [5.74, 6) is -0.199. The maximum absolute atomic E-state index is 10.9. The molecule has 4 rings (SSSR count). The van der Waals surface area contributed by atoms with Crippen molar-refractivity contribution in [2.75, 3.05) is 0 Å². The number of phenolic OH excluding ortho intramolecular Hbond substituents is 2. The van der Waals surface area contributed by atoms with Crippen molar-refractivity contribution in [3.63, 3.8) is 0 Å². The molecule has 0 aliphatic carbocycles. The van der Waals surface area contributed by atoms with Crippen molar-refractivity contribution in [2.24, 2.45) is 9.98 Å². The van der Waals surface area contributed by atoms with Gasteiger partial charge in [-0.15, -0.1) is 0 Å². The molecular weight excluding hydrogens is 488 g/mol. The van der Waals surface area contributed by atoms with Gasteiger partial charge in [0.15, 0.2) is 0 Å². The summed E-state index contributed by atoms with van der Waals surface area (Å²) in [6, 6.07) is 22.1. The number of phenols is 2. The van der Waals surface area contributed by atoms with Gasteiger partial charge >= 0.3 is 0 Å². The van der Waals surface area contributed by atoms with Gasteiger partial charge < -0.3 is 10.2 Å². The molecule has 0 radical (unpaired) electrons. The zero-order valence-electron chi connectivity index (χ0n) is 19.7. The Kier molecular flexibility index (Phi) is 7.63. The minimum absolute atomic E-state index is 0.0993. The van der Waals surface area contributed by atoms with Crippen LogP contribution in [-0.4, -0.2) is 32.5 Å². The highest BCUT2D eigenvalue weighted by molar-refractivity contribution is 5.87. The average Bonchev–Trinajstić information content (AvgIpc) is 2.92. The fourth-order valence-corrected chi connectivity index (χ4v) is 3.34. The van der Waals surface area contributed by atoms with Crippen molar-refractivity contribution in [3.8, 4) is 11.5 Å². The van der Waals surface area contributed by atoms with Gasteiger partial charge in [0.05, 0.1) is 21.2 Å². The number of aliphatic imine (C=N–C) groups is 2. The summed E-state index contributed by atoms with van der Waals surface area (Å²) in [5.41, 5.74) is 3.30. The molecule has 0 aliphatic heterocycles. The normalized spacial score (nSPS) is 11.5. The van der Waals surface area contributed by atoms with Crippen LogP contribution < -0.4 is 0 Å². The van der Waals surface area contributed by atoms with Gasteiger partial charge in [-0.3, -0.25) is 30.2 Å². The standard InChI is InChI=1S/C28H20N4O6/c33-27-13-11-25(31(35)36)15-21(27)17-29-23-7-3-19(4-8-23)1-2-20-5-9-24(10-6-20)30-18-22-16-26(32(37)38)12-14-28(22)34/h1-18,33-34H/b2-1+,29-17?,30-18?. The summed E-state index contributed by atoms with van der Waals surface area (Å²) >= 11 is 0. The van der Waals surface area contributed by atoms with Crippen molar-refractivity contribution >= 4 is 47.3 Å². The van der Waals surface area contributed by atoms with E-state index in [2.05, 4.69) is 9.98 Å². The fourth-order valence-electron chi connectivity index (χ4n) is 3.34. The third-order valence-electron chi connectivity index (χ3n) is 5.40. The Morgan fingerprint density at radius 1 is 0.579 bits per heavy atom. The molecule has 0 bridgehead atoms. The maximum Gasteiger partial charge on any atom is 0.270 e. The molecular formula is C28H20N4O6. The third kappa shape index (κ3) is 6.52. The lowest BCUT2D eigenvalue weighted by Gasteiger charge is -2.00. The van der Waals surface area contributed by atoms with Gasteiger partial charge in [-0.1, -0.05) is 36.4 Å². The van der Waals surface area contributed by atoms with Crippen LogP contribution in [0.1, 0.15) is 22.3 Å². The van der Waals surface area contributed by atoms with Gasteiger partial charge in [0.25, 0.3) is 11.4 Å². The zero-order chi connectivity index (χ0) is 27.1. The number of rotatable bonds is 8. The van der Waals surface area contributed by atoms with E-state index >= 15 is 0 Å². The Labute approximate surface area is 216 Å². The van der Waals surface area contributed by atoms with Crippen LogP contribution in [0.5, 0.6) is 11.5 Å². The summed E-state index contributed by atoms with van der Waals surface area (Å²) < 4.78 is 0. The topological polar surface area (TPSA) is 151 Å². The highest BCUT2D eigenvalue weighted by Gasteiger charge is 2.09. The molecule has 10 heteroatoms. The summed E-state index contributed by atoms with van der Waals surface area (Å²) in [5, 5.41) is 41.6. The predicted molar refractivity (Wildman–Crippen MR) is 146 cm³/mol. The molecule has 0 unspecified atom stereocenters. The van der Waals surface area contributed by atoms with E-state index in [-0.39, 0.29) is 34.0 Å². The van der Waals surface area contributed by atoms with Gasteiger partial charge in [0.2, 0.25) is 0 Å². The van der Waals surface area contributed by atoms with Crippen molar-refractivity contribution in [3.05, 3.63) is 127 Å². The van der Waals surface area contributed by atoms with Gasteiger partial charge in [-0.25, -0.2) is 0 Å². The number of nitrogens with zero attached hydrogens (tertiary/aromatic N) is 4. The summed E-state index contributed by atoms with van der Waals surface area (Å²) in [6.45, 7) is 0. The Morgan fingerprint density at radius 2 is 0.947 bits per heavy atom. The van der Waals surface area contributed by atoms with E-state index in [1.807, 2.05) is 36.4 Å². The second-order valence-corrected chi connectivity index (χ2v) is 8.03. The molecule has 0 saturated heterocycles. The highest BCUT2D eigenvalue weighted by Crippen LogP contribution is 2.24. The summed E-state index contributed by atoms with van der Waals surface area (Å²) in [4.78, 5) is 29.3. The number of nitro groups is 2. The second kappa shape index (κ2) is 11.4. The molecule has 0 fully saturated rings. The van der Waals surface area contributed by atoms with E-state index in [1.165, 1.54) is 48.8 Å². The van der Waals surface area contributed by atoms with Crippen LogP contribution in [0.4, 0.5) is 22.7 Å². The monoisotopic (exact) mass is 508 g/mol. The quantitative estimate of drug-likeness (QED) is 0.119. The van der Waals surface area contributed by atoms with E-state index in [0.717, 1.165) is 11.1 Å². The Morgan fingerprint density at radius 3 is 1.29 bits per heavy atom. The molecule has 0 atom stereocenters. The van der Waals surface area contributed by atoms with E-state index in [1.54, 1.807) is 24.3 Å². The molecule has 0 heterocycles. The van der Waals surface area contributed by atoms with Gasteiger partial charge in [0.1, 0.15) is 11.5 Å². The van der Waals surface area contributed by atoms with Crippen LogP contribution in [0.2, 0.25) is 0 Å². The molecule has 0 aliphatic rings. The van der Waals surface area contributed by atoms with E-state index < -0.39 is 9.85 Å². The van der Waals surface area contributed by atoms with Crippen molar-refractivity contribution in [1.82, 2.24) is 0 Å². The van der Waals surface area contributed by atoms with E-state index in [9.17, 15) is 30.4 Å². The number of non-ortho nitro benzene ring substituents is 2. The molecule has 0 aromatic heterocycles. The largest absolute Gasteiger partial charge is 0.507 e. The molecule has 0 spiro atoms. The SMILES string of the molecule is O=[N+]([O-])c1ccc(O)c(C=Nc2ccc(/C=C/c3ccc(N=Cc4cc([N+](=O)[O-])ccc4O)cc3)cc2)c1. The first kappa shape index (κ1) is 25.5. The molecule has 4 aromatic rings. The van der Waals surface area contributed by atoms with Gasteiger partial charge in [0, 0.05) is 47.8 Å². The van der Waals surface area contributed by atoms with Crippen LogP contribution in [0.15, 0.2) is 94.9 Å².